The first kappa shape index (κ1) is 21.4. The predicted molar refractivity (Wildman–Crippen MR) is 95.8 cm³/mol. The molecule has 24 heavy (non-hydrogen) atoms. The maximum absolute atomic E-state index is 11.6. The Morgan fingerprint density at radius 2 is 1.75 bits per heavy atom. The number of nitrogens with one attached hydrogen (secondary N) is 1. The van der Waals surface area contributed by atoms with Crippen LogP contribution >= 0.6 is 0 Å². The monoisotopic (exact) mass is 343 g/mol. The lowest BCUT2D eigenvalue weighted by molar-refractivity contribution is -0.149. The van der Waals surface area contributed by atoms with Crippen molar-refractivity contribution in [2.45, 2.75) is 83.9 Å². The number of carbonyl (C=O) groups excluding carboxylic acids is 1. The standard InChI is InChI=1S/C17H34BNO5/c1-16(2,3)22-9-11-13(24-17(4,5)6)14(15(18-7)23-11)21-10-12(20)19-8/h11,13-15,18H,9-10H2,1-8H3,(H,19,20). The molecule has 1 heterocycles. The molecule has 0 bridgehead atoms. The smallest absolute Gasteiger partial charge is 0.245 e. The third-order valence-corrected chi connectivity index (χ3v) is 3.66. The Hall–Kier alpha value is -0.625. The Morgan fingerprint density at radius 1 is 1.12 bits per heavy atom. The molecule has 0 saturated carbocycles. The second-order valence-corrected chi connectivity index (χ2v) is 8.19. The van der Waals surface area contributed by atoms with E-state index >= 15 is 0 Å². The summed E-state index contributed by atoms with van der Waals surface area (Å²) in [6, 6.07) is -0.115. The SMILES string of the molecule is CBC1OC(COC(C)(C)C)C(OC(C)(C)C)C1OCC(=O)NC. The van der Waals surface area contributed by atoms with Crippen LogP contribution in [0.3, 0.4) is 0 Å². The van der Waals surface area contributed by atoms with Crippen LogP contribution < -0.4 is 5.32 Å². The lowest BCUT2D eigenvalue weighted by Gasteiger charge is -2.32. The first-order valence-electron chi connectivity index (χ1n) is 8.76. The van der Waals surface area contributed by atoms with E-state index in [9.17, 15) is 4.79 Å². The van der Waals surface area contributed by atoms with Crippen LogP contribution in [-0.2, 0) is 23.7 Å². The molecule has 0 aromatic rings. The molecule has 1 saturated heterocycles. The third-order valence-electron chi connectivity index (χ3n) is 3.66. The molecule has 6 nitrogen and oxygen atoms in total. The largest absolute Gasteiger partial charge is 0.376 e. The summed E-state index contributed by atoms with van der Waals surface area (Å²) in [4.78, 5) is 11.6. The number of carbonyl (C=O) groups is 1. The molecule has 1 aliphatic heterocycles. The first-order chi connectivity index (χ1) is 11.0. The van der Waals surface area contributed by atoms with Crippen LogP contribution in [0.4, 0.5) is 0 Å². The van der Waals surface area contributed by atoms with Gasteiger partial charge in [0.05, 0.1) is 23.8 Å². The van der Waals surface area contributed by atoms with Gasteiger partial charge in [-0.25, -0.2) is 0 Å². The van der Waals surface area contributed by atoms with Crippen molar-refractivity contribution in [3.05, 3.63) is 0 Å². The molecule has 1 rings (SSSR count). The summed E-state index contributed by atoms with van der Waals surface area (Å²) < 4.78 is 24.1. The van der Waals surface area contributed by atoms with Crippen LogP contribution in [0.2, 0.25) is 6.82 Å². The molecule has 140 valence electrons. The minimum absolute atomic E-state index is 0.00211. The Balaban J connectivity index is 2.87. The molecule has 0 spiro atoms. The summed E-state index contributed by atoms with van der Waals surface area (Å²) in [7, 11) is 2.38. The molecule has 4 atom stereocenters. The van der Waals surface area contributed by atoms with Gasteiger partial charge < -0.3 is 24.3 Å². The van der Waals surface area contributed by atoms with Gasteiger partial charge in [-0.1, -0.05) is 6.82 Å². The molecule has 1 amide bonds. The normalized spacial score (nSPS) is 28.0. The molecule has 4 unspecified atom stereocenters. The molecule has 1 N–H and O–H groups in total. The number of ether oxygens (including phenoxy) is 4. The number of hydrogen-bond acceptors (Lipinski definition) is 5. The van der Waals surface area contributed by atoms with Crippen molar-refractivity contribution in [3.8, 4) is 0 Å². The van der Waals surface area contributed by atoms with E-state index in [0.717, 1.165) is 7.28 Å². The summed E-state index contributed by atoms with van der Waals surface area (Å²) >= 11 is 0. The Morgan fingerprint density at radius 3 is 2.21 bits per heavy atom. The van der Waals surface area contributed by atoms with Gasteiger partial charge in [-0.2, -0.15) is 0 Å². The van der Waals surface area contributed by atoms with Crippen molar-refractivity contribution in [2.24, 2.45) is 0 Å². The molecular weight excluding hydrogens is 309 g/mol. The second-order valence-electron chi connectivity index (χ2n) is 8.19. The van der Waals surface area contributed by atoms with Gasteiger partial charge in [0.15, 0.2) is 7.28 Å². The summed E-state index contributed by atoms with van der Waals surface area (Å²) in [5.74, 6) is -0.159. The summed E-state index contributed by atoms with van der Waals surface area (Å²) in [6.45, 7) is 14.5. The number of rotatable bonds is 7. The number of amides is 1. The van der Waals surface area contributed by atoms with E-state index in [0.29, 0.717) is 6.61 Å². The average Bonchev–Trinajstić information content (AvgIpc) is 2.77. The molecule has 0 aromatic carbocycles. The lowest BCUT2D eigenvalue weighted by Crippen LogP contribution is -2.45. The molecule has 0 radical (unpaired) electrons. The van der Waals surface area contributed by atoms with Gasteiger partial charge in [0.1, 0.15) is 24.9 Å². The number of likely N-dealkylation sites (N-methyl/N-ethyl adjacent to an activating group) is 1. The maximum atomic E-state index is 11.6. The van der Waals surface area contributed by atoms with Crippen molar-refractivity contribution >= 4 is 13.2 Å². The van der Waals surface area contributed by atoms with Gasteiger partial charge in [-0.3, -0.25) is 4.79 Å². The van der Waals surface area contributed by atoms with Crippen molar-refractivity contribution in [1.29, 1.82) is 0 Å². The van der Waals surface area contributed by atoms with Crippen molar-refractivity contribution < 1.29 is 23.7 Å². The Kier molecular flexibility index (Phi) is 7.72. The zero-order valence-electron chi connectivity index (χ0n) is 16.5. The van der Waals surface area contributed by atoms with Gasteiger partial charge in [0.25, 0.3) is 0 Å². The predicted octanol–water partition coefficient (Wildman–Crippen LogP) is 1.33. The van der Waals surface area contributed by atoms with Crippen LogP contribution in [-0.4, -0.2) is 69.0 Å². The van der Waals surface area contributed by atoms with E-state index < -0.39 is 0 Å². The topological polar surface area (TPSA) is 66.0 Å². The highest BCUT2D eigenvalue weighted by atomic mass is 16.6. The molecule has 7 heteroatoms. The molecule has 0 aromatic heterocycles. The zero-order chi connectivity index (χ0) is 18.5. The summed E-state index contributed by atoms with van der Waals surface area (Å²) in [5, 5.41) is 2.57. The van der Waals surface area contributed by atoms with Crippen LogP contribution in [0.25, 0.3) is 0 Å². The van der Waals surface area contributed by atoms with Gasteiger partial charge in [0.2, 0.25) is 5.91 Å². The van der Waals surface area contributed by atoms with Gasteiger partial charge in [-0.15, -0.1) is 0 Å². The first-order valence-corrected chi connectivity index (χ1v) is 8.76. The highest BCUT2D eigenvalue weighted by Crippen LogP contribution is 2.30. The maximum Gasteiger partial charge on any atom is 0.245 e. The van der Waals surface area contributed by atoms with Crippen LogP contribution in [0.15, 0.2) is 0 Å². The van der Waals surface area contributed by atoms with Gasteiger partial charge >= 0.3 is 0 Å². The Bertz CT molecular complexity index is 405. The number of hydrogen-bond donors (Lipinski definition) is 1. The molecule has 1 aliphatic rings. The summed E-state index contributed by atoms with van der Waals surface area (Å²) in [6.07, 6.45) is -0.787. The van der Waals surface area contributed by atoms with Gasteiger partial charge in [-0.05, 0) is 41.5 Å². The van der Waals surface area contributed by atoms with Crippen LogP contribution in [0, 0.1) is 0 Å². The van der Waals surface area contributed by atoms with E-state index in [1.54, 1.807) is 7.05 Å². The fourth-order valence-electron chi connectivity index (χ4n) is 2.59. The minimum Gasteiger partial charge on any atom is -0.376 e. The molecular formula is C17H34BNO5. The zero-order valence-corrected chi connectivity index (χ0v) is 16.5. The van der Waals surface area contributed by atoms with Crippen LogP contribution in [0.1, 0.15) is 41.5 Å². The highest BCUT2D eigenvalue weighted by Gasteiger charge is 2.47. The van der Waals surface area contributed by atoms with E-state index in [-0.39, 0.29) is 48.0 Å². The van der Waals surface area contributed by atoms with Gasteiger partial charge in [0, 0.05) is 7.05 Å². The summed E-state index contributed by atoms with van der Waals surface area (Å²) in [5.41, 5.74) is -0.594. The molecule has 0 aliphatic carbocycles. The fraction of sp³-hybridized carbons (Fsp3) is 0.941. The van der Waals surface area contributed by atoms with E-state index in [4.69, 9.17) is 18.9 Å². The molecule has 1 fully saturated rings. The fourth-order valence-corrected chi connectivity index (χ4v) is 2.59. The van der Waals surface area contributed by atoms with E-state index in [1.807, 2.05) is 48.4 Å². The highest BCUT2D eigenvalue weighted by molar-refractivity contribution is 6.35. The second kappa shape index (κ2) is 8.65. The van der Waals surface area contributed by atoms with Crippen molar-refractivity contribution in [3.63, 3.8) is 0 Å². The quantitative estimate of drug-likeness (QED) is 0.707. The van der Waals surface area contributed by atoms with Crippen molar-refractivity contribution in [1.82, 2.24) is 5.32 Å². The minimum atomic E-state index is -0.342. The van der Waals surface area contributed by atoms with E-state index in [1.165, 1.54) is 0 Å². The lowest BCUT2D eigenvalue weighted by atomic mass is 9.72. The van der Waals surface area contributed by atoms with Crippen LogP contribution in [0.5, 0.6) is 0 Å². The third kappa shape index (κ3) is 7.09. The Labute approximate surface area is 147 Å². The average molecular weight is 343 g/mol. The van der Waals surface area contributed by atoms with Crippen molar-refractivity contribution in [2.75, 3.05) is 20.3 Å². The van der Waals surface area contributed by atoms with E-state index in [2.05, 4.69) is 5.32 Å².